The van der Waals surface area contributed by atoms with Gasteiger partial charge in [0.2, 0.25) is 0 Å². The smallest absolute Gasteiger partial charge is 0.274 e. The number of hydrogen-bond donors (Lipinski definition) is 0. The topological polar surface area (TPSA) is 37.6 Å². The Balaban J connectivity index is 1.93. The molecule has 1 aliphatic rings. The number of hydrogen-bond acceptors (Lipinski definition) is 3. The Morgan fingerprint density at radius 3 is 2.86 bits per heavy atom. The van der Waals surface area contributed by atoms with Gasteiger partial charge in [-0.05, 0) is 43.6 Å². The lowest BCUT2D eigenvalue weighted by atomic mass is 10.1. The molecule has 5 heteroatoms. The summed E-state index contributed by atoms with van der Waals surface area (Å²) in [6.45, 7) is 5.24. The molecule has 0 radical (unpaired) electrons. The average molecular weight is 317 g/mol. The number of amides is 1. The van der Waals surface area contributed by atoms with Crippen molar-refractivity contribution in [2.24, 2.45) is 5.92 Å². The van der Waals surface area contributed by atoms with Gasteiger partial charge in [-0.15, -0.1) is 0 Å². The molecule has 22 heavy (non-hydrogen) atoms. The third-order valence-corrected chi connectivity index (χ3v) is 4.75. The summed E-state index contributed by atoms with van der Waals surface area (Å²) in [5.41, 5.74) is 1.51. The van der Waals surface area contributed by atoms with Gasteiger partial charge >= 0.3 is 0 Å². The molecule has 1 aliphatic carbocycles. The van der Waals surface area contributed by atoms with E-state index in [1.165, 1.54) is 0 Å². The molecule has 0 bridgehead atoms. The monoisotopic (exact) mass is 317 g/mol. The first-order chi connectivity index (χ1) is 10.6. The molecule has 0 aromatic carbocycles. The van der Waals surface area contributed by atoms with Gasteiger partial charge in [-0.25, -0.2) is 4.98 Å². The van der Waals surface area contributed by atoms with Gasteiger partial charge in [-0.2, -0.15) is 0 Å². The van der Waals surface area contributed by atoms with E-state index in [-0.39, 0.29) is 5.91 Å². The van der Waals surface area contributed by atoms with Crippen molar-refractivity contribution < 1.29 is 4.79 Å². The van der Waals surface area contributed by atoms with Crippen molar-refractivity contribution in [3.63, 3.8) is 0 Å². The normalized spacial score (nSPS) is 14.7. The number of carbonyl (C=O) groups excluding carboxylic acids is 1. The summed E-state index contributed by atoms with van der Waals surface area (Å²) >= 11 is 1.57. The Hall–Kier alpha value is -1.49. The van der Waals surface area contributed by atoms with Gasteiger partial charge in [0.15, 0.2) is 10.9 Å². The van der Waals surface area contributed by atoms with Gasteiger partial charge in [0.1, 0.15) is 0 Å². The molecule has 0 aliphatic heterocycles. The molecule has 1 saturated carbocycles. The second-order valence-electron chi connectivity index (χ2n) is 6.32. The number of thioether (sulfide) groups is 1. The highest BCUT2D eigenvalue weighted by molar-refractivity contribution is 7.98. The van der Waals surface area contributed by atoms with E-state index in [1.54, 1.807) is 11.8 Å². The van der Waals surface area contributed by atoms with Crippen LogP contribution in [-0.2, 0) is 0 Å². The number of carbonyl (C=O) groups is 1. The highest BCUT2D eigenvalue weighted by Crippen LogP contribution is 2.30. The van der Waals surface area contributed by atoms with Crippen molar-refractivity contribution in [1.82, 2.24) is 14.3 Å². The van der Waals surface area contributed by atoms with E-state index in [9.17, 15) is 4.79 Å². The van der Waals surface area contributed by atoms with Crippen molar-refractivity contribution in [2.75, 3.05) is 12.8 Å². The first-order valence-corrected chi connectivity index (χ1v) is 9.16. The van der Waals surface area contributed by atoms with Gasteiger partial charge in [0.25, 0.3) is 5.91 Å². The van der Waals surface area contributed by atoms with Crippen LogP contribution < -0.4 is 0 Å². The minimum atomic E-state index is 0.0900. The van der Waals surface area contributed by atoms with Gasteiger partial charge < -0.3 is 4.90 Å². The lowest BCUT2D eigenvalue weighted by molar-refractivity contribution is 0.0731. The summed E-state index contributed by atoms with van der Waals surface area (Å²) in [6, 6.07) is 6.34. The molecule has 4 nitrogen and oxygen atoms in total. The highest BCUT2D eigenvalue weighted by Gasteiger charge is 2.34. The van der Waals surface area contributed by atoms with E-state index in [2.05, 4.69) is 18.8 Å². The van der Waals surface area contributed by atoms with Gasteiger partial charge in [0, 0.05) is 18.8 Å². The van der Waals surface area contributed by atoms with Crippen LogP contribution >= 0.6 is 11.8 Å². The van der Waals surface area contributed by atoms with Crippen molar-refractivity contribution in [3.8, 4) is 0 Å². The predicted molar refractivity (Wildman–Crippen MR) is 90.5 cm³/mol. The van der Waals surface area contributed by atoms with E-state index < -0.39 is 0 Å². The molecule has 1 fully saturated rings. The van der Waals surface area contributed by atoms with Crippen LogP contribution in [0.3, 0.4) is 0 Å². The van der Waals surface area contributed by atoms with Crippen molar-refractivity contribution in [1.29, 1.82) is 0 Å². The van der Waals surface area contributed by atoms with Crippen LogP contribution in [0.25, 0.3) is 5.52 Å². The number of rotatable bonds is 6. The maximum atomic E-state index is 13.0. The fraction of sp³-hybridized carbons (Fsp3) is 0.529. The third kappa shape index (κ3) is 3.00. The zero-order valence-electron chi connectivity index (χ0n) is 13.5. The molecule has 2 heterocycles. The Kier molecular flexibility index (Phi) is 4.43. The molecule has 0 saturated heterocycles. The van der Waals surface area contributed by atoms with Gasteiger partial charge in [-0.1, -0.05) is 31.7 Å². The van der Waals surface area contributed by atoms with Gasteiger partial charge in [0.05, 0.1) is 5.52 Å². The Bertz CT molecular complexity index is 676. The number of nitrogens with zero attached hydrogens (tertiary/aromatic N) is 3. The number of fused-ring (bicyclic) bond motifs is 1. The van der Waals surface area contributed by atoms with Crippen LogP contribution in [-0.4, -0.2) is 39.0 Å². The summed E-state index contributed by atoms with van der Waals surface area (Å²) in [7, 11) is 0. The zero-order valence-corrected chi connectivity index (χ0v) is 14.3. The molecule has 2 aromatic rings. The maximum Gasteiger partial charge on any atom is 0.274 e. The quantitative estimate of drug-likeness (QED) is 0.762. The summed E-state index contributed by atoms with van der Waals surface area (Å²) < 4.78 is 2.01. The van der Waals surface area contributed by atoms with Crippen LogP contribution in [0.4, 0.5) is 0 Å². The molecule has 0 atom stereocenters. The second-order valence-corrected chi connectivity index (χ2v) is 7.09. The number of pyridine rings is 1. The Morgan fingerprint density at radius 2 is 2.23 bits per heavy atom. The lowest BCUT2D eigenvalue weighted by Gasteiger charge is -2.22. The van der Waals surface area contributed by atoms with E-state index in [0.29, 0.717) is 17.7 Å². The fourth-order valence-corrected chi connectivity index (χ4v) is 3.22. The molecule has 118 valence electrons. The molecule has 0 unspecified atom stereocenters. The predicted octanol–water partition coefficient (Wildman–Crippen LogP) is 3.71. The van der Waals surface area contributed by atoms with E-state index in [0.717, 1.165) is 36.5 Å². The summed E-state index contributed by atoms with van der Waals surface area (Å²) in [5, 5.41) is 0.874. The number of aromatic nitrogens is 2. The van der Waals surface area contributed by atoms with Crippen LogP contribution in [0.2, 0.25) is 0 Å². The fourth-order valence-electron chi connectivity index (χ4n) is 2.68. The summed E-state index contributed by atoms with van der Waals surface area (Å²) in [6.07, 6.45) is 7.27. The molecule has 1 amide bonds. The molecule has 3 rings (SSSR count). The maximum absolute atomic E-state index is 13.0. The van der Waals surface area contributed by atoms with E-state index >= 15 is 0 Å². The minimum Gasteiger partial charge on any atom is -0.334 e. The highest BCUT2D eigenvalue weighted by atomic mass is 32.2. The molecular weight excluding hydrogens is 294 g/mol. The lowest BCUT2D eigenvalue weighted by Crippen LogP contribution is -2.35. The summed E-state index contributed by atoms with van der Waals surface area (Å²) in [5.74, 6) is 0.696. The minimum absolute atomic E-state index is 0.0900. The standard InChI is InChI=1S/C17H23N3OS/c1-12(2)9-11-19(13-7-8-13)16(21)15-14-6-4-5-10-20(14)17(18-15)22-3/h4-6,10,12-13H,7-9,11H2,1-3H3. The van der Waals surface area contributed by atoms with Crippen LogP contribution in [0.1, 0.15) is 43.6 Å². The first kappa shape index (κ1) is 15.4. The average Bonchev–Trinajstić information content (AvgIpc) is 3.27. The first-order valence-electron chi connectivity index (χ1n) is 7.94. The Morgan fingerprint density at radius 1 is 1.45 bits per heavy atom. The summed E-state index contributed by atoms with van der Waals surface area (Å²) in [4.78, 5) is 19.7. The molecule has 2 aromatic heterocycles. The van der Waals surface area contributed by atoms with Crippen LogP contribution in [0, 0.1) is 5.92 Å². The van der Waals surface area contributed by atoms with Gasteiger partial charge in [-0.3, -0.25) is 9.20 Å². The third-order valence-electron chi connectivity index (χ3n) is 4.10. The van der Waals surface area contributed by atoms with Crippen molar-refractivity contribution >= 4 is 23.2 Å². The van der Waals surface area contributed by atoms with Crippen LogP contribution in [0.5, 0.6) is 0 Å². The van der Waals surface area contributed by atoms with E-state index in [4.69, 9.17) is 0 Å². The van der Waals surface area contributed by atoms with Crippen molar-refractivity contribution in [3.05, 3.63) is 30.1 Å². The SMILES string of the molecule is CSc1nc(C(=O)N(CCC(C)C)C2CC2)c2ccccn12. The molecule has 0 N–H and O–H groups in total. The van der Waals surface area contributed by atoms with E-state index in [1.807, 2.05) is 40.0 Å². The zero-order chi connectivity index (χ0) is 15.7. The van der Waals surface area contributed by atoms with Crippen molar-refractivity contribution in [2.45, 2.75) is 44.3 Å². The largest absolute Gasteiger partial charge is 0.334 e. The second kappa shape index (κ2) is 6.32. The molecular formula is C17H23N3OS. The number of imidazole rings is 1. The Labute approximate surface area is 135 Å². The molecule has 0 spiro atoms. The van der Waals surface area contributed by atoms with Crippen LogP contribution in [0.15, 0.2) is 29.6 Å².